The molecule has 0 aliphatic heterocycles. The molecule has 0 bridgehead atoms. The molecule has 4 nitrogen and oxygen atoms in total. The zero-order chi connectivity index (χ0) is 19.8. The topological polar surface area (TPSA) is 56.5 Å². The molecule has 0 radical (unpaired) electrons. The van der Waals surface area contributed by atoms with Crippen LogP contribution >= 0.6 is 0 Å². The molecular formula is C19H15F3O4S. The second kappa shape index (κ2) is 6.77. The quantitative estimate of drug-likeness (QED) is 0.620. The summed E-state index contributed by atoms with van der Waals surface area (Å²) >= 11 is 0. The van der Waals surface area contributed by atoms with Gasteiger partial charge in [0.25, 0.3) is 0 Å². The number of rotatable bonds is 4. The number of hydrogen-bond donors (Lipinski definition) is 0. The molecule has 0 atom stereocenters. The maximum atomic E-state index is 13.7. The summed E-state index contributed by atoms with van der Waals surface area (Å²) in [6.45, 7) is 0. The Morgan fingerprint density at radius 1 is 1.00 bits per heavy atom. The summed E-state index contributed by atoms with van der Waals surface area (Å²) in [7, 11) is -2.12. The smallest absolute Gasteiger partial charge is 0.417 e. The van der Waals surface area contributed by atoms with E-state index in [0.717, 1.165) is 12.3 Å². The van der Waals surface area contributed by atoms with Crippen molar-refractivity contribution in [3.8, 4) is 28.2 Å². The van der Waals surface area contributed by atoms with Crippen LogP contribution in [-0.4, -0.2) is 21.8 Å². The maximum absolute atomic E-state index is 13.7. The van der Waals surface area contributed by atoms with Crippen molar-refractivity contribution in [2.45, 2.75) is 11.1 Å². The van der Waals surface area contributed by atoms with Crippen molar-refractivity contribution in [2.24, 2.45) is 0 Å². The monoisotopic (exact) mass is 396 g/mol. The Morgan fingerprint density at radius 2 is 1.67 bits per heavy atom. The van der Waals surface area contributed by atoms with Gasteiger partial charge in [0.2, 0.25) is 0 Å². The summed E-state index contributed by atoms with van der Waals surface area (Å²) in [5.41, 5.74) is -0.419. The Kier molecular flexibility index (Phi) is 4.77. The lowest BCUT2D eigenvalue weighted by atomic mass is 9.96. The highest BCUT2D eigenvalue weighted by Gasteiger charge is 2.36. The Labute approximate surface area is 154 Å². The van der Waals surface area contributed by atoms with Gasteiger partial charge in [-0.05, 0) is 47.5 Å². The zero-order valence-corrected chi connectivity index (χ0v) is 15.2. The highest BCUT2D eigenvalue weighted by molar-refractivity contribution is 7.90. The van der Waals surface area contributed by atoms with Gasteiger partial charge in [-0.15, -0.1) is 0 Å². The van der Waals surface area contributed by atoms with Gasteiger partial charge in [0.15, 0.2) is 9.84 Å². The summed E-state index contributed by atoms with van der Waals surface area (Å²) in [5, 5.41) is 0. The second-order valence-electron chi connectivity index (χ2n) is 5.87. The van der Waals surface area contributed by atoms with Gasteiger partial charge in [0, 0.05) is 6.26 Å². The molecule has 8 heteroatoms. The standard InChI is InChI=1S/C19H15F3O4S/c1-25-17-11-13(12-5-7-14(8-6-12)27(2,23)24)10-15(19(20,21)22)18(17)16-4-3-9-26-16/h3-11H,1-2H3. The van der Waals surface area contributed by atoms with Gasteiger partial charge in [-0.1, -0.05) is 12.1 Å². The minimum absolute atomic E-state index is 0.00182. The molecule has 3 rings (SSSR count). The molecule has 0 saturated heterocycles. The van der Waals surface area contributed by atoms with Crippen molar-refractivity contribution in [1.29, 1.82) is 0 Å². The van der Waals surface area contributed by atoms with Crippen LogP contribution in [0.15, 0.2) is 64.1 Å². The van der Waals surface area contributed by atoms with Gasteiger partial charge in [-0.25, -0.2) is 8.42 Å². The third kappa shape index (κ3) is 3.85. The molecule has 0 saturated carbocycles. The first kappa shape index (κ1) is 19.0. The van der Waals surface area contributed by atoms with E-state index in [2.05, 4.69) is 0 Å². The number of halogens is 3. The van der Waals surface area contributed by atoms with E-state index in [1.54, 1.807) is 0 Å². The van der Waals surface area contributed by atoms with Crippen molar-refractivity contribution in [2.75, 3.05) is 13.4 Å². The highest BCUT2D eigenvalue weighted by atomic mass is 32.2. The van der Waals surface area contributed by atoms with Crippen molar-refractivity contribution in [3.63, 3.8) is 0 Å². The summed E-state index contributed by atoms with van der Waals surface area (Å²) in [4.78, 5) is 0.0847. The lowest BCUT2D eigenvalue weighted by molar-refractivity contribution is -0.137. The first-order valence-electron chi connectivity index (χ1n) is 7.75. The van der Waals surface area contributed by atoms with Crippen LogP contribution in [0.25, 0.3) is 22.5 Å². The molecule has 0 aliphatic carbocycles. The predicted molar refractivity (Wildman–Crippen MR) is 94.2 cm³/mol. The van der Waals surface area contributed by atoms with E-state index in [1.165, 1.54) is 55.8 Å². The van der Waals surface area contributed by atoms with Crippen LogP contribution in [-0.2, 0) is 16.0 Å². The zero-order valence-electron chi connectivity index (χ0n) is 14.4. The van der Waals surface area contributed by atoms with Crippen LogP contribution in [0.2, 0.25) is 0 Å². The number of sulfone groups is 1. The average molecular weight is 396 g/mol. The lowest BCUT2D eigenvalue weighted by Gasteiger charge is -2.17. The minimum atomic E-state index is -4.64. The van der Waals surface area contributed by atoms with E-state index in [9.17, 15) is 21.6 Å². The van der Waals surface area contributed by atoms with Crippen molar-refractivity contribution < 1.29 is 30.7 Å². The van der Waals surface area contributed by atoms with Gasteiger partial charge in [-0.2, -0.15) is 13.2 Å². The SMILES string of the molecule is COc1cc(-c2ccc(S(C)(=O)=O)cc2)cc(C(F)(F)F)c1-c1ccco1. The van der Waals surface area contributed by atoms with Gasteiger partial charge >= 0.3 is 6.18 Å². The molecule has 0 fully saturated rings. The molecule has 1 heterocycles. The minimum Gasteiger partial charge on any atom is -0.496 e. The van der Waals surface area contributed by atoms with Crippen LogP contribution in [0.3, 0.4) is 0 Å². The Hall–Kier alpha value is -2.74. The van der Waals surface area contributed by atoms with Gasteiger partial charge in [0.05, 0.1) is 29.4 Å². The van der Waals surface area contributed by atoms with E-state index in [0.29, 0.717) is 5.56 Å². The van der Waals surface area contributed by atoms with Gasteiger partial charge in [-0.3, -0.25) is 0 Å². The van der Waals surface area contributed by atoms with Crippen molar-refractivity contribution in [1.82, 2.24) is 0 Å². The van der Waals surface area contributed by atoms with Crippen molar-refractivity contribution in [3.05, 3.63) is 60.4 Å². The molecule has 0 aliphatic rings. The second-order valence-corrected chi connectivity index (χ2v) is 7.89. The normalized spacial score (nSPS) is 12.2. The molecule has 0 amide bonds. The van der Waals surface area contributed by atoms with E-state index in [1.807, 2.05) is 0 Å². The van der Waals surface area contributed by atoms with Crippen LogP contribution in [0.5, 0.6) is 5.75 Å². The van der Waals surface area contributed by atoms with E-state index >= 15 is 0 Å². The molecule has 0 spiro atoms. The first-order chi connectivity index (χ1) is 12.6. The molecule has 3 aromatic rings. The van der Waals surface area contributed by atoms with Crippen LogP contribution in [0.1, 0.15) is 5.56 Å². The Morgan fingerprint density at radius 3 is 2.15 bits per heavy atom. The fourth-order valence-electron chi connectivity index (χ4n) is 2.74. The van der Waals surface area contributed by atoms with E-state index < -0.39 is 21.6 Å². The first-order valence-corrected chi connectivity index (χ1v) is 9.64. The van der Waals surface area contributed by atoms with Crippen LogP contribution < -0.4 is 4.74 Å². The Bertz CT molecular complexity index is 1050. The highest BCUT2D eigenvalue weighted by Crippen LogP contribution is 2.45. The van der Waals surface area contributed by atoms with Gasteiger partial charge < -0.3 is 9.15 Å². The predicted octanol–water partition coefficient (Wildman–Crippen LogP) is 5.04. The lowest BCUT2D eigenvalue weighted by Crippen LogP contribution is -2.08. The molecule has 0 N–H and O–H groups in total. The largest absolute Gasteiger partial charge is 0.496 e. The fourth-order valence-corrected chi connectivity index (χ4v) is 3.37. The van der Waals surface area contributed by atoms with Crippen LogP contribution in [0, 0.1) is 0 Å². The summed E-state index contributed by atoms with van der Waals surface area (Å²) < 4.78 is 74.6. The fraction of sp³-hybridized carbons (Fsp3) is 0.158. The summed E-state index contributed by atoms with van der Waals surface area (Å²) in [5.74, 6) is 0.0418. The number of alkyl halides is 3. The van der Waals surface area contributed by atoms with Gasteiger partial charge in [0.1, 0.15) is 11.5 Å². The number of methoxy groups -OCH3 is 1. The summed E-state index contributed by atoms with van der Waals surface area (Å²) in [6.07, 6.45) is -2.30. The number of ether oxygens (including phenoxy) is 1. The Balaban J connectivity index is 2.21. The summed E-state index contributed by atoms with van der Waals surface area (Å²) in [6, 6.07) is 11.0. The molecule has 27 heavy (non-hydrogen) atoms. The molecular weight excluding hydrogens is 381 g/mol. The number of hydrogen-bond acceptors (Lipinski definition) is 4. The third-order valence-corrected chi connectivity index (χ3v) is 5.14. The van der Waals surface area contributed by atoms with Crippen molar-refractivity contribution >= 4 is 9.84 Å². The maximum Gasteiger partial charge on any atom is 0.417 e. The van der Waals surface area contributed by atoms with Crippen LogP contribution in [0.4, 0.5) is 13.2 Å². The molecule has 142 valence electrons. The number of furan rings is 1. The molecule has 2 aromatic carbocycles. The van der Waals surface area contributed by atoms with E-state index in [-0.39, 0.29) is 27.5 Å². The average Bonchev–Trinajstić information content (AvgIpc) is 3.13. The van der Waals surface area contributed by atoms with E-state index in [4.69, 9.17) is 9.15 Å². The third-order valence-electron chi connectivity index (χ3n) is 4.01. The molecule has 1 aromatic heterocycles. The number of benzene rings is 2. The molecule has 0 unspecified atom stereocenters.